The Morgan fingerprint density at radius 1 is 1.43 bits per heavy atom. The van der Waals surface area contributed by atoms with E-state index in [9.17, 15) is 9.59 Å². The fourth-order valence-corrected chi connectivity index (χ4v) is 2.30. The van der Waals surface area contributed by atoms with E-state index in [1.807, 2.05) is 0 Å². The minimum Gasteiger partial charge on any atom is -0.495 e. The molecule has 0 bridgehead atoms. The monoisotopic (exact) mass is 291 g/mol. The lowest BCUT2D eigenvalue weighted by Crippen LogP contribution is -2.35. The number of ether oxygens (including phenoxy) is 1. The van der Waals surface area contributed by atoms with Crippen molar-refractivity contribution in [3.05, 3.63) is 18.2 Å². The molecule has 0 spiro atoms. The number of nitrogens with one attached hydrogen (secondary N) is 1. The summed E-state index contributed by atoms with van der Waals surface area (Å²) in [5.41, 5.74) is 6.83. The van der Waals surface area contributed by atoms with Crippen LogP contribution in [-0.4, -0.2) is 31.5 Å². The van der Waals surface area contributed by atoms with E-state index in [4.69, 9.17) is 10.5 Å². The third-order valence-electron chi connectivity index (χ3n) is 3.47. The molecule has 1 atom stereocenters. The summed E-state index contributed by atoms with van der Waals surface area (Å²) in [4.78, 5) is 25.5. The molecule has 0 aliphatic carbocycles. The lowest BCUT2D eigenvalue weighted by molar-refractivity contribution is -0.119. The van der Waals surface area contributed by atoms with Crippen LogP contribution in [0.2, 0.25) is 0 Å². The summed E-state index contributed by atoms with van der Waals surface area (Å²) in [6.45, 7) is 2.29. The molecule has 1 aromatic carbocycles. The Kier molecular flexibility index (Phi) is 4.80. The van der Waals surface area contributed by atoms with Gasteiger partial charge in [0.2, 0.25) is 11.8 Å². The van der Waals surface area contributed by atoms with E-state index in [0.717, 1.165) is 12.8 Å². The second-order valence-electron chi connectivity index (χ2n) is 5.17. The number of piperidine rings is 1. The molecule has 0 radical (unpaired) electrons. The molecular formula is C15H21N3O3. The molecule has 6 nitrogen and oxygen atoms in total. The van der Waals surface area contributed by atoms with Crippen LogP contribution in [0.4, 0.5) is 11.4 Å². The zero-order chi connectivity index (χ0) is 15.4. The first-order valence-electron chi connectivity index (χ1n) is 7.08. The van der Waals surface area contributed by atoms with Crippen LogP contribution in [-0.2, 0) is 9.59 Å². The highest BCUT2D eigenvalue weighted by molar-refractivity contribution is 5.98. The number of rotatable bonds is 4. The maximum absolute atomic E-state index is 12.1. The summed E-state index contributed by atoms with van der Waals surface area (Å²) in [6.07, 6.45) is 2.42. The van der Waals surface area contributed by atoms with Crippen LogP contribution in [0.5, 0.6) is 5.75 Å². The normalized spacial score (nSPS) is 16.5. The van der Waals surface area contributed by atoms with E-state index >= 15 is 0 Å². The number of nitrogens with zero attached hydrogens (tertiary/aromatic N) is 1. The minimum absolute atomic E-state index is 0.0789. The zero-order valence-corrected chi connectivity index (χ0v) is 12.4. The van der Waals surface area contributed by atoms with Crippen molar-refractivity contribution < 1.29 is 14.3 Å². The first-order valence-corrected chi connectivity index (χ1v) is 7.08. The maximum Gasteiger partial charge on any atom is 0.240 e. The van der Waals surface area contributed by atoms with Crippen LogP contribution >= 0.6 is 0 Å². The summed E-state index contributed by atoms with van der Waals surface area (Å²) in [5.74, 6) is 0.426. The largest absolute Gasteiger partial charge is 0.495 e. The van der Waals surface area contributed by atoms with Crippen molar-refractivity contribution in [2.75, 3.05) is 23.9 Å². The highest BCUT2D eigenvalue weighted by atomic mass is 16.5. The van der Waals surface area contributed by atoms with Crippen LogP contribution < -0.4 is 20.7 Å². The lowest BCUT2D eigenvalue weighted by Gasteiger charge is -2.28. The summed E-state index contributed by atoms with van der Waals surface area (Å²) in [5, 5.41) is 2.73. The number of nitrogens with two attached hydrogens (primary N) is 1. The van der Waals surface area contributed by atoms with Gasteiger partial charge in [-0.1, -0.05) is 0 Å². The standard InChI is InChI=1S/C15H21N3O3/c1-10(16)15(20)17-11-6-7-13(21-2)12(9-11)18-8-4-3-5-14(18)19/h6-7,9-10H,3-5,8,16H2,1-2H3,(H,17,20)/t10-/m0/s1. The molecular weight excluding hydrogens is 270 g/mol. The highest BCUT2D eigenvalue weighted by Gasteiger charge is 2.23. The van der Waals surface area contributed by atoms with Gasteiger partial charge in [0, 0.05) is 18.7 Å². The van der Waals surface area contributed by atoms with E-state index in [1.165, 1.54) is 0 Å². The quantitative estimate of drug-likeness (QED) is 0.880. The number of hydrogen-bond acceptors (Lipinski definition) is 4. The number of carbonyl (C=O) groups excluding carboxylic acids is 2. The zero-order valence-electron chi connectivity index (χ0n) is 12.4. The maximum atomic E-state index is 12.1. The van der Waals surface area contributed by atoms with E-state index in [-0.39, 0.29) is 11.8 Å². The topological polar surface area (TPSA) is 84.7 Å². The Morgan fingerprint density at radius 2 is 2.19 bits per heavy atom. The highest BCUT2D eigenvalue weighted by Crippen LogP contribution is 2.33. The Bertz CT molecular complexity index is 543. The number of benzene rings is 1. The fraction of sp³-hybridized carbons (Fsp3) is 0.467. The molecule has 1 heterocycles. The minimum atomic E-state index is -0.591. The van der Waals surface area contributed by atoms with Crippen molar-refractivity contribution in [2.24, 2.45) is 5.73 Å². The molecule has 6 heteroatoms. The van der Waals surface area contributed by atoms with E-state index in [1.54, 1.807) is 37.1 Å². The van der Waals surface area contributed by atoms with Crippen molar-refractivity contribution in [1.29, 1.82) is 0 Å². The van der Waals surface area contributed by atoms with Gasteiger partial charge in [-0.15, -0.1) is 0 Å². The molecule has 2 amide bonds. The molecule has 3 N–H and O–H groups in total. The van der Waals surface area contributed by atoms with E-state index in [0.29, 0.717) is 30.1 Å². The summed E-state index contributed by atoms with van der Waals surface area (Å²) < 4.78 is 5.32. The number of methoxy groups -OCH3 is 1. The lowest BCUT2D eigenvalue weighted by atomic mass is 10.1. The van der Waals surface area contributed by atoms with Crippen molar-refractivity contribution in [2.45, 2.75) is 32.2 Å². The molecule has 1 aliphatic heterocycles. The first-order chi connectivity index (χ1) is 10.0. The van der Waals surface area contributed by atoms with Gasteiger partial charge < -0.3 is 20.7 Å². The SMILES string of the molecule is COc1ccc(NC(=O)[C@H](C)N)cc1N1CCCCC1=O. The second kappa shape index (κ2) is 6.58. The Hall–Kier alpha value is -2.08. The van der Waals surface area contributed by atoms with Crippen molar-refractivity contribution in [1.82, 2.24) is 0 Å². The second-order valence-corrected chi connectivity index (χ2v) is 5.17. The Labute approximate surface area is 124 Å². The Balaban J connectivity index is 2.29. The van der Waals surface area contributed by atoms with Crippen molar-refractivity contribution >= 4 is 23.2 Å². The average molecular weight is 291 g/mol. The number of anilines is 2. The smallest absolute Gasteiger partial charge is 0.240 e. The van der Waals surface area contributed by atoms with Crippen molar-refractivity contribution in [3.63, 3.8) is 0 Å². The van der Waals surface area contributed by atoms with Gasteiger partial charge in [0.1, 0.15) is 5.75 Å². The van der Waals surface area contributed by atoms with Crippen LogP contribution in [0.3, 0.4) is 0 Å². The molecule has 1 aliphatic rings. The van der Waals surface area contributed by atoms with Crippen molar-refractivity contribution in [3.8, 4) is 5.75 Å². The molecule has 2 rings (SSSR count). The van der Waals surface area contributed by atoms with E-state index < -0.39 is 6.04 Å². The number of amides is 2. The molecule has 0 aromatic heterocycles. The fourth-order valence-electron chi connectivity index (χ4n) is 2.30. The molecule has 1 aromatic rings. The molecule has 1 saturated heterocycles. The predicted molar refractivity (Wildman–Crippen MR) is 81.5 cm³/mol. The first kappa shape index (κ1) is 15.3. The van der Waals surface area contributed by atoms with Gasteiger partial charge in [0.15, 0.2) is 0 Å². The van der Waals surface area contributed by atoms with Crippen LogP contribution in [0.15, 0.2) is 18.2 Å². The third-order valence-corrected chi connectivity index (χ3v) is 3.47. The molecule has 0 unspecified atom stereocenters. The predicted octanol–water partition coefficient (Wildman–Crippen LogP) is 1.50. The average Bonchev–Trinajstić information content (AvgIpc) is 2.47. The van der Waals surface area contributed by atoms with Gasteiger partial charge in [0.05, 0.1) is 18.8 Å². The van der Waals surface area contributed by atoms with Gasteiger partial charge in [0.25, 0.3) is 0 Å². The van der Waals surface area contributed by atoms with E-state index in [2.05, 4.69) is 5.32 Å². The Morgan fingerprint density at radius 3 is 2.81 bits per heavy atom. The van der Waals surface area contributed by atoms with Gasteiger partial charge >= 0.3 is 0 Å². The molecule has 21 heavy (non-hydrogen) atoms. The number of carbonyl (C=O) groups is 2. The van der Waals surface area contributed by atoms with Gasteiger partial charge in [-0.2, -0.15) is 0 Å². The molecule has 114 valence electrons. The number of hydrogen-bond donors (Lipinski definition) is 2. The van der Waals surface area contributed by atoms with Gasteiger partial charge in [-0.05, 0) is 38.0 Å². The van der Waals surface area contributed by atoms with Crippen LogP contribution in [0.25, 0.3) is 0 Å². The summed E-state index contributed by atoms with van der Waals surface area (Å²) in [6, 6.07) is 4.64. The van der Waals surface area contributed by atoms with Gasteiger partial charge in [-0.25, -0.2) is 0 Å². The third kappa shape index (κ3) is 3.52. The summed E-state index contributed by atoms with van der Waals surface area (Å²) in [7, 11) is 1.56. The molecule has 0 saturated carbocycles. The van der Waals surface area contributed by atoms with Gasteiger partial charge in [-0.3, -0.25) is 9.59 Å². The van der Waals surface area contributed by atoms with Crippen LogP contribution in [0.1, 0.15) is 26.2 Å². The van der Waals surface area contributed by atoms with Crippen LogP contribution in [0, 0.1) is 0 Å². The summed E-state index contributed by atoms with van der Waals surface area (Å²) >= 11 is 0. The molecule has 1 fully saturated rings.